The Labute approximate surface area is 132 Å². The second kappa shape index (κ2) is 6.95. The highest BCUT2D eigenvalue weighted by Gasteiger charge is 2.32. The van der Waals surface area contributed by atoms with Gasteiger partial charge in [-0.2, -0.15) is 0 Å². The van der Waals surface area contributed by atoms with Crippen LogP contribution >= 0.6 is 23.1 Å². The van der Waals surface area contributed by atoms with E-state index in [2.05, 4.69) is 17.1 Å². The van der Waals surface area contributed by atoms with Crippen LogP contribution in [0, 0.1) is 0 Å². The van der Waals surface area contributed by atoms with Gasteiger partial charge in [0.2, 0.25) is 5.91 Å². The van der Waals surface area contributed by atoms with Crippen LogP contribution in [-0.2, 0) is 4.79 Å². The van der Waals surface area contributed by atoms with Crippen LogP contribution in [0.2, 0.25) is 0 Å². The van der Waals surface area contributed by atoms with Crippen molar-refractivity contribution in [3.05, 3.63) is 41.9 Å². The quantitative estimate of drug-likeness (QED) is 0.768. The van der Waals surface area contributed by atoms with E-state index in [9.17, 15) is 4.79 Å². The molecule has 1 aromatic heterocycles. The Balaban J connectivity index is 1.34. The summed E-state index contributed by atoms with van der Waals surface area (Å²) in [6, 6.07) is 10.2. The lowest BCUT2D eigenvalue weighted by molar-refractivity contribution is -0.139. The lowest BCUT2D eigenvalue weighted by Gasteiger charge is -2.38. The Bertz CT molecular complexity index is 569. The third kappa shape index (κ3) is 3.98. The topological polar surface area (TPSA) is 42.4 Å². The minimum absolute atomic E-state index is 0.0990. The van der Waals surface area contributed by atoms with Crippen molar-refractivity contribution in [2.24, 2.45) is 0 Å². The molecule has 4 nitrogen and oxygen atoms in total. The number of likely N-dealkylation sites (tertiary alicyclic amines) is 1. The Hall–Kier alpha value is -1.53. The smallest absolute Gasteiger partial charge is 0.273 e. The Morgan fingerprint density at radius 3 is 2.90 bits per heavy atom. The van der Waals surface area contributed by atoms with E-state index in [0.29, 0.717) is 24.7 Å². The molecule has 1 aliphatic rings. The SMILES string of the molecule is O=C(CCSc1ccccc1)N1CC(Oc2nccs2)C1. The molecule has 1 saturated heterocycles. The maximum Gasteiger partial charge on any atom is 0.273 e. The van der Waals surface area contributed by atoms with Crippen molar-refractivity contribution in [2.75, 3.05) is 18.8 Å². The van der Waals surface area contributed by atoms with E-state index < -0.39 is 0 Å². The molecule has 0 radical (unpaired) electrons. The van der Waals surface area contributed by atoms with Gasteiger partial charge < -0.3 is 9.64 Å². The third-order valence-electron chi connectivity index (χ3n) is 3.21. The van der Waals surface area contributed by atoms with E-state index in [4.69, 9.17) is 4.74 Å². The van der Waals surface area contributed by atoms with Gasteiger partial charge in [0.25, 0.3) is 5.19 Å². The standard InChI is InChI=1S/C15H16N2O2S2/c18-14(6-8-20-13-4-2-1-3-5-13)17-10-12(11-17)19-15-16-7-9-21-15/h1-5,7,9,12H,6,8,10-11H2. The van der Waals surface area contributed by atoms with Crippen molar-refractivity contribution >= 4 is 29.0 Å². The van der Waals surface area contributed by atoms with Gasteiger partial charge in [-0.1, -0.05) is 29.5 Å². The van der Waals surface area contributed by atoms with Gasteiger partial charge in [0.05, 0.1) is 13.1 Å². The van der Waals surface area contributed by atoms with Gasteiger partial charge in [0, 0.05) is 28.6 Å². The van der Waals surface area contributed by atoms with E-state index in [1.165, 1.54) is 16.2 Å². The van der Waals surface area contributed by atoms with E-state index >= 15 is 0 Å². The summed E-state index contributed by atoms with van der Waals surface area (Å²) in [6.45, 7) is 1.35. The van der Waals surface area contributed by atoms with Gasteiger partial charge in [0.15, 0.2) is 0 Å². The second-order valence-electron chi connectivity index (χ2n) is 4.75. The maximum absolute atomic E-state index is 12.0. The average Bonchev–Trinajstić information content (AvgIpc) is 2.96. The molecule has 0 N–H and O–H groups in total. The Kier molecular flexibility index (Phi) is 4.77. The highest BCUT2D eigenvalue weighted by atomic mass is 32.2. The van der Waals surface area contributed by atoms with Crippen LogP contribution in [0.3, 0.4) is 0 Å². The molecular weight excluding hydrogens is 304 g/mol. The van der Waals surface area contributed by atoms with Gasteiger partial charge in [-0.3, -0.25) is 4.79 Å². The summed E-state index contributed by atoms with van der Waals surface area (Å²) < 4.78 is 5.65. The summed E-state index contributed by atoms with van der Waals surface area (Å²) in [5.74, 6) is 1.02. The van der Waals surface area contributed by atoms with E-state index in [1.807, 2.05) is 28.5 Å². The lowest BCUT2D eigenvalue weighted by Crippen LogP contribution is -2.56. The molecule has 2 heterocycles. The molecule has 0 unspecified atom stereocenters. The molecule has 6 heteroatoms. The third-order valence-corrected chi connectivity index (χ3v) is 4.88. The molecule has 2 aromatic rings. The molecule has 0 atom stereocenters. The zero-order valence-corrected chi connectivity index (χ0v) is 13.1. The first-order valence-electron chi connectivity index (χ1n) is 6.83. The number of amides is 1. The van der Waals surface area contributed by atoms with Crippen LogP contribution < -0.4 is 4.74 Å². The number of ether oxygens (including phenoxy) is 1. The number of benzene rings is 1. The van der Waals surface area contributed by atoms with Gasteiger partial charge in [0.1, 0.15) is 6.10 Å². The molecule has 1 aromatic carbocycles. The van der Waals surface area contributed by atoms with Crippen molar-refractivity contribution in [2.45, 2.75) is 17.4 Å². The zero-order chi connectivity index (χ0) is 14.5. The Morgan fingerprint density at radius 2 is 2.19 bits per heavy atom. The van der Waals surface area contributed by atoms with Crippen molar-refractivity contribution < 1.29 is 9.53 Å². The van der Waals surface area contributed by atoms with Crippen LogP contribution in [0.4, 0.5) is 0 Å². The lowest BCUT2D eigenvalue weighted by atomic mass is 10.1. The van der Waals surface area contributed by atoms with E-state index in [1.54, 1.807) is 18.0 Å². The summed E-state index contributed by atoms with van der Waals surface area (Å²) in [6.07, 6.45) is 2.40. The number of thioether (sulfide) groups is 1. The molecule has 0 spiro atoms. The first-order valence-corrected chi connectivity index (χ1v) is 8.69. The monoisotopic (exact) mass is 320 g/mol. The summed E-state index contributed by atoms with van der Waals surface area (Å²) in [5.41, 5.74) is 0. The fourth-order valence-electron chi connectivity index (χ4n) is 2.06. The largest absolute Gasteiger partial charge is 0.463 e. The number of carbonyl (C=O) groups excluding carboxylic acids is 1. The van der Waals surface area contributed by atoms with Crippen LogP contribution in [0.5, 0.6) is 5.19 Å². The normalized spacial score (nSPS) is 14.8. The highest BCUT2D eigenvalue weighted by molar-refractivity contribution is 7.99. The maximum atomic E-state index is 12.0. The number of rotatable bonds is 6. The van der Waals surface area contributed by atoms with Crippen molar-refractivity contribution in [1.29, 1.82) is 0 Å². The molecule has 1 fully saturated rings. The molecule has 110 valence electrons. The van der Waals surface area contributed by atoms with E-state index in [-0.39, 0.29) is 12.0 Å². The molecule has 1 aliphatic heterocycles. The Morgan fingerprint density at radius 1 is 1.38 bits per heavy atom. The predicted octanol–water partition coefficient (Wildman–Crippen LogP) is 2.92. The van der Waals surface area contributed by atoms with Crippen molar-refractivity contribution in [3.63, 3.8) is 0 Å². The number of hydrogen-bond acceptors (Lipinski definition) is 5. The first kappa shape index (κ1) is 14.4. The van der Waals surface area contributed by atoms with E-state index in [0.717, 1.165) is 5.75 Å². The number of carbonyl (C=O) groups is 1. The van der Waals surface area contributed by atoms with Crippen molar-refractivity contribution in [1.82, 2.24) is 9.88 Å². The van der Waals surface area contributed by atoms with Gasteiger partial charge in [-0.25, -0.2) is 4.98 Å². The second-order valence-corrected chi connectivity index (χ2v) is 6.77. The summed E-state index contributed by atoms with van der Waals surface area (Å²) >= 11 is 3.20. The minimum Gasteiger partial charge on any atom is -0.463 e. The fraction of sp³-hybridized carbons (Fsp3) is 0.333. The number of aromatic nitrogens is 1. The fourth-order valence-corrected chi connectivity index (χ4v) is 3.47. The summed E-state index contributed by atoms with van der Waals surface area (Å²) in [5, 5.41) is 2.57. The molecular formula is C15H16N2O2S2. The molecule has 0 saturated carbocycles. The van der Waals surface area contributed by atoms with Gasteiger partial charge in [-0.15, -0.1) is 11.8 Å². The van der Waals surface area contributed by atoms with Crippen LogP contribution in [0.15, 0.2) is 46.8 Å². The first-order chi connectivity index (χ1) is 10.3. The molecule has 1 amide bonds. The number of hydrogen-bond donors (Lipinski definition) is 0. The van der Waals surface area contributed by atoms with Gasteiger partial charge in [-0.05, 0) is 12.1 Å². The average molecular weight is 320 g/mol. The molecule has 0 aliphatic carbocycles. The summed E-state index contributed by atoms with van der Waals surface area (Å²) in [7, 11) is 0. The predicted molar refractivity (Wildman–Crippen MR) is 84.9 cm³/mol. The number of nitrogens with zero attached hydrogens (tertiary/aromatic N) is 2. The molecule has 3 rings (SSSR count). The summed E-state index contributed by atoms with van der Waals surface area (Å²) in [4.78, 5) is 19.1. The zero-order valence-electron chi connectivity index (χ0n) is 11.5. The van der Waals surface area contributed by atoms with Crippen LogP contribution in [0.1, 0.15) is 6.42 Å². The molecule has 0 bridgehead atoms. The molecule has 21 heavy (non-hydrogen) atoms. The number of thiazole rings is 1. The minimum atomic E-state index is 0.0990. The highest BCUT2D eigenvalue weighted by Crippen LogP contribution is 2.22. The van der Waals surface area contributed by atoms with Crippen LogP contribution in [-0.4, -0.2) is 40.7 Å². The van der Waals surface area contributed by atoms with Crippen molar-refractivity contribution in [3.8, 4) is 5.19 Å². The van der Waals surface area contributed by atoms with Crippen LogP contribution in [0.25, 0.3) is 0 Å². The van der Waals surface area contributed by atoms with Gasteiger partial charge >= 0.3 is 0 Å².